The highest BCUT2D eigenvalue weighted by Gasteiger charge is 2.14. The van der Waals surface area contributed by atoms with Gasteiger partial charge in [-0.3, -0.25) is 0 Å². The molecular weight excluding hydrogens is 332 g/mol. The quantitative estimate of drug-likeness (QED) is 0.720. The number of methoxy groups -OCH3 is 1. The highest BCUT2D eigenvalue weighted by molar-refractivity contribution is 5.63. The molecule has 0 atom stereocenters. The van der Waals surface area contributed by atoms with E-state index < -0.39 is 0 Å². The first-order valence-electron chi connectivity index (χ1n) is 8.13. The van der Waals surface area contributed by atoms with Crippen molar-refractivity contribution >= 4 is 23.1 Å². The molecule has 0 amide bonds. The molecule has 0 aliphatic carbocycles. The molecule has 7 heteroatoms. The van der Waals surface area contributed by atoms with Crippen LogP contribution in [0.3, 0.4) is 0 Å². The summed E-state index contributed by atoms with van der Waals surface area (Å²) in [6.07, 6.45) is 0. The van der Waals surface area contributed by atoms with E-state index in [1.54, 1.807) is 7.11 Å². The Balaban J connectivity index is 1.56. The zero-order valence-corrected chi connectivity index (χ0v) is 14.4. The number of rotatable bonds is 5. The lowest BCUT2D eigenvalue weighted by Gasteiger charge is -2.11. The van der Waals surface area contributed by atoms with Gasteiger partial charge in [0, 0.05) is 35.3 Å². The van der Waals surface area contributed by atoms with Gasteiger partial charge in [-0.2, -0.15) is 4.98 Å². The van der Waals surface area contributed by atoms with Crippen LogP contribution in [0.25, 0.3) is 0 Å². The Hall–Kier alpha value is -3.48. The topological polar surface area (TPSA) is 77.5 Å². The third-order valence-electron chi connectivity index (χ3n) is 3.83. The van der Waals surface area contributed by atoms with E-state index in [1.807, 2.05) is 55.5 Å². The number of benzene rings is 2. The molecular formula is C19H18N4O3. The number of nitrogens with one attached hydrogen (secondary N) is 2. The van der Waals surface area contributed by atoms with Gasteiger partial charge in [-0.1, -0.05) is 6.07 Å². The number of aromatic nitrogens is 2. The monoisotopic (exact) mass is 350 g/mol. The number of ether oxygens (including phenoxy) is 3. The zero-order valence-electron chi connectivity index (χ0n) is 14.4. The number of fused-ring (bicyclic) bond motifs is 1. The fourth-order valence-electron chi connectivity index (χ4n) is 2.64. The predicted octanol–water partition coefficient (Wildman–Crippen LogP) is 4.01. The Bertz CT molecular complexity index is 946. The second-order valence-corrected chi connectivity index (χ2v) is 5.77. The summed E-state index contributed by atoms with van der Waals surface area (Å²) in [7, 11) is 1.64. The van der Waals surface area contributed by atoms with E-state index in [0.717, 1.165) is 28.6 Å². The molecule has 7 nitrogen and oxygen atoms in total. The minimum absolute atomic E-state index is 0.244. The van der Waals surface area contributed by atoms with Crippen molar-refractivity contribution in [3.63, 3.8) is 0 Å². The van der Waals surface area contributed by atoms with Crippen molar-refractivity contribution in [2.75, 3.05) is 24.5 Å². The van der Waals surface area contributed by atoms with E-state index in [-0.39, 0.29) is 6.79 Å². The Labute approximate surface area is 151 Å². The fraction of sp³-hybridized carbons (Fsp3) is 0.158. The molecule has 0 unspecified atom stereocenters. The lowest BCUT2D eigenvalue weighted by Crippen LogP contribution is -2.02. The first-order chi connectivity index (χ1) is 12.7. The van der Waals surface area contributed by atoms with Gasteiger partial charge in [0.25, 0.3) is 0 Å². The van der Waals surface area contributed by atoms with Crippen molar-refractivity contribution in [3.8, 4) is 17.2 Å². The molecule has 132 valence electrons. The largest absolute Gasteiger partial charge is 0.497 e. The van der Waals surface area contributed by atoms with E-state index >= 15 is 0 Å². The van der Waals surface area contributed by atoms with Gasteiger partial charge >= 0.3 is 0 Å². The first-order valence-corrected chi connectivity index (χ1v) is 8.13. The van der Waals surface area contributed by atoms with Crippen molar-refractivity contribution < 1.29 is 14.2 Å². The first kappa shape index (κ1) is 16.0. The minimum atomic E-state index is 0.244. The van der Waals surface area contributed by atoms with E-state index in [2.05, 4.69) is 20.6 Å². The van der Waals surface area contributed by atoms with Crippen LogP contribution < -0.4 is 24.8 Å². The number of aryl methyl sites for hydroxylation is 1. The second kappa shape index (κ2) is 6.79. The summed E-state index contributed by atoms with van der Waals surface area (Å²) in [6, 6.07) is 15.2. The molecule has 2 N–H and O–H groups in total. The summed E-state index contributed by atoms with van der Waals surface area (Å²) in [5.41, 5.74) is 2.55. The molecule has 1 aromatic heterocycles. The van der Waals surface area contributed by atoms with Gasteiger partial charge < -0.3 is 24.8 Å². The average Bonchev–Trinajstić information content (AvgIpc) is 3.09. The summed E-state index contributed by atoms with van der Waals surface area (Å²) in [5.74, 6) is 3.40. The Morgan fingerprint density at radius 2 is 1.77 bits per heavy atom. The Morgan fingerprint density at radius 3 is 2.65 bits per heavy atom. The number of hydrogen-bond acceptors (Lipinski definition) is 7. The molecule has 0 bridgehead atoms. The van der Waals surface area contributed by atoms with Crippen LogP contribution in [0.15, 0.2) is 48.5 Å². The molecule has 2 heterocycles. The number of nitrogens with zero attached hydrogens (tertiary/aromatic N) is 2. The van der Waals surface area contributed by atoms with Gasteiger partial charge in [0.15, 0.2) is 11.5 Å². The number of hydrogen-bond donors (Lipinski definition) is 2. The van der Waals surface area contributed by atoms with E-state index in [9.17, 15) is 0 Å². The predicted molar refractivity (Wildman–Crippen MR) is 98.9 cm³/mol. The van der Waals surface area contributed by atoms with Gasteiger partial charge in [-0.25, -0.2) is 4.98 Å². The lowest BCUT2D eigenvalue weighted by molar-refractivity contribution is 0.174. The van der Waals surface area contributed by atoms with E-state index in [0.29, 0.717) is 17.5 Å². The molecule has 0 spiro atoms. The maximum Gasteiger partial charge on any atom is 0.231 e. The summed E-state index contributed by atoms with van der Waals surface area (Å²) >= 11 is 0. The molecule has 3 aromatic rings. The second-order valence-electron chi connectivity index (χ2n) is 5.77. The standard InChI is InChI=1S/C19H18N4O3/c1-12-8-18(21-13-4-3-5-15(9-13)24-2)23-19(20-12)22-14-6-7-16-17(10-14)26-11-25-16/h3-10H,11H2,1-2H3,(H2,20,21,22,23). The van der Waals surface area contributed by atoms with Crippen LogP contribution in [0.5, 0.6) is 17.2 Å². The third kappa shape index (κ3) is 3.46. The average molecular weight is 350 g/mol. The molecule has 1 aliphatic heterocycles. The van der Waals surface area contributed by atoms with Gasteiger partial charge in [-0.15, -0.1) is 0 Å². The Morgan fingerprint density at radius 1 is 0.923 bits per heavy atom. The fourth-order valence-corrected chi connectivity index (χ4v) is 2.64. The van der Waals surface area contributed by atoms with Crippen molar-refractivity contribution in [1.29, 1.82) is 0 Å². The summed E-state index contributed by atoms with van der Waals surface area (Å²) in [5, 5.41) is 6.47. The van der Waals surface area contributed by atoms with E-state index in [1.165, 1.54) is 0 Å². The van der Waals surface area contributed by atoms with Crippen molar-refractivity contribution in [2.45, 2.75) is 6.92 Å². The van der Waals surface area contributed by atoms with Crippen molar-refractivity contribution in [2.24, 2.45) is 0 Å². The third-order valence-corrected chi connectivity index (χ3v) is 3.83. The zero-order chi connectivity index (χ0) is 17.9. The van der Waals surface area contributed by atoms with Crippen LogP contribution in [0, 0.1) is 6.92 Å². The summed E-state index contributed by atoms with van der Waals surface area (Å²) < 4.78 is 16.0. The Kier molecular flexibility index (Phi) is 4.18. The highest BCUT2D eigenvalue weighted by atomic mass is 16.7. The van der Waals surface area contributed by atoms with Crippen LogP contribution in [0.1, 0.15) is 5.69 Å². The molecule has 0 radical (unpaired) electrons. The smallest absolute Gasteiger partial charge is 0.231 e. The van der Waals surface area contributed by atoms with Crippen molar-refractivity contribution in [1.82, 2.24) is 9.97 Å². The lowest BCUT2D eigenvalue weighted by atomic mass is 10.3. The molecule has 1 aliphatic rings. The van der Waals surface area contributed by atoms with Crippen LogP contribution in [0.2, 0.25) is 0 Å². The summed E-state index contributed by atoms with van der Waals surface area (Å²) in [4.78, 5) is 8.97. The molecule has 0 saturated heterocycles. The van der Waals surface area contributed by atoms with Gasteiger partial charge in [-0.05, 0) is 31.2 Å². The maximum absolute atomic E-state index is 5.40. The van der Waals surface area contributed by atoms with Crippen LogP contribution in [-0.2, 0) is 0 Å². The molecule has 0 saturated carbocycles. The van der Waals surface area contributed by atoms with Gasteiger partial charge in [0.1, 0.15) is 11.6 Å². The molecule has 0 fully saturated rings. The number of anilines is 4. The molecule has 26 heavy (non-hydrogen) atoms. The van der Waals surface area contributed by atoms with Gasteiger partial charge in [0.2, 0.25) is 12.7 Å². The van der Waals surface area contributed by atoms with Crippen LogP contribution in [0.4, 0.5) is 23.1 Å². The van der Waals surface area contributed by atoms with Gasteiger partial charge in [0.05, 0.1) is 7.11 Å². The highest BCUT2D eigenvalue weighted by Crippen LogP contribution is 2.35. The van der Waals surface area contributed by atoms with Crippen molar-refractivity contribution in [3.05, 3.63) is 54.2 Å². The van der Waals surface area contributed by atoms with Crippen LogP contribution >= 0.6 is 0 Å². The minimum Gasteiger partial charge on any atom is -0.497 e. The van der Waals surface area contributed by atoms with E-state index in [4.69, 9.17) is 14.2 Å². The summed E-state index contributed by atoms with van der Waals surface area (Å²) in [6.45, 7) is 2.16. The van der Waals surface area contributed by atoms with Crippen LogP contribution in [-0.4, -0.2) is 23.9 Å². The normalized spacial score (nSPS) is 11.9. The molecule has 2 aromatic carbocycles. The molecule has 4 rings (SSSR count). The SMILES string of the molecule is COc1cccc(Nc2cc(C)nc(Nc3ccc4c(c3)OCO4)n2)c1. The maximum atomic E-state index is 5.40.